The van der Waals surface area contributed by atoms with Gasteiger partial charge in [0, 0.05) is 31.7 Å². The molecule has 0 aliphatic heterocycles. The molecule has 2 aromatic rings. The molecule has 1 N–H and O–H groups in total. The fourth-order valence-corrected chi connectivity index (χ4v) is 2.66. The summed E-state index contributed by atoms with van der Waals surface area (Å²) in [7, 11) is 3.52. The minimum atomic E-state index is 0.0786. The first kappa shape index (κ1) is 13.0. The van der Waals surface area contributed by atoms with E-state index in [1.165, 1.54) is 4.88 Å². The molecule has 0 aliphatic carbocycles. The number of hydrogen-bond acceptors (Lipinski definition) is 4. The molecule has 98 valence electrons. The first-order valence-corrected chi connectivity index (χ1v) is 6.65. The van der Waals surface area contributed by atoms with Gasteiger partial charge in [-0.15, -0.1) is 11.3 Å². The van der Waals surface area contributed by atoms with Crippen LogP contribution in [0.2, 0.25) is 0 Å². The second-order valence-corrected chi connectivity index (χ2v) is 5.74. The van der Waals surface area contributed by atoms with E-state index in [-0.39, 0.29) is 5.91 Å². The van der Waals surface area contributed by atoms with Crippen molar-refractivity contribution < 1.29 is 4.79 Å². The van der Waals surface area contributed by atoms with Crippen LogP contribution in [0, 0.1) is 13.8 Å². The molecule has 0 saturated carbocycles. The zero-order valence-electron chi connectivity index (χ0n) is 11.1. The Balaban J connectivity index is 2.07. The first-order chi connectivity index (χ1) is 8.49. The van der Waals surface area contributed by atoms with Crippen LogP contribution in [0.25, 0.3) is 4.96 Å². The van der Waals surface area contributed by atoms with Crippen LogP contribution in [0.1, 0.15) is 16.3 Å². The van der Waals surface area contributed by atoms with E-state index in [4.69, 9.17) is 0 Å². The van der Waals surface area contributed by atoms with Crippen molar-refractivity contribution in [2.45, 2.75) is 20.4 Å². The summed E-state index contributed by atoms with van der Waals surface area (Å²) in [5.74, 6) is 0.0786. The Morgan fingerprint density at radius 3 is 2.89 bits per heavy atom. The Bertz CT molecular complexity index is 570. The fourth-order valence-electron chi connectivity index (χ4n) is 1.77. The van der Waals surface area contributed by atoms with Crippen LogP contribution in [0.15, 0.2) is 6.20 Å². The van der Waals surface area contributed by atoms with Gasteiger partial charge in [-0.1, -0.05) is 0 Å². The molecule has 1 amide bonds. The molecule has 0 spiro atoms. The van der Waals surface area contributed by atoms with Gasteiger partial charge in [0.1, 0.15) is 0 Å². The number of aromatic nitrogens is 2. The van der Waals surface area contributed by atoms with Crippen molar-refractivity contribution in [3.05, 3.63) is 22.5 Å². The third-order valence-electron chi connectivity index (χ3n) is 2.81. The lowest BCUT2D eigenvalue weighted by atomic mass is 10.3. The molecule has 0 aliphatic rings. The van der Waals surface area contributed by atoms with Crippen molar-refractivity contribution in [3.63, 3.8) is 0 Å². The number of nitrogens with one attached hydrogen (secondary N) is 1. The molecule has 2 rings (SSSR count). The predicted octanol–water partition coefficient (Wildman–Crippen LogP) is 1.19. The summed E-state index contributed by atoms with van der Waals surface area (Å²) in [5.41, 5.74) is 2.15. The summed E-state index contributed by atoms with van der Waals surface area (Å²) in [4.78, 5) is 19.8. The van der Waals surface area contributed by atoms with Gasteiger partial charge in [0.2, 0.25) is 5.91 Å². The van der Waals surface area contributed by atoms with Crippen molar-refractivity contribution >= 4 is 22.2 Å². The molecular formula is C12H18N4OS. The number of likely N-dealkylation sites (N-methyl/N-ethyl adjacent to an activating group) is 1. The highest BCUT2D eigenvalue weighted by Gasteiger charge is 2.11. The lowest BCUT2D eigenvalue weighted by molar-refractivity contribution is -0.127. The Morgan fingerprint density at radius 2 is 2.22 bits per heavy atom. The highest BCUT2D eigenvalue weighted by atomic mass is 32.1. The van der Waals surface area contributed by atoms with Gasteiger partial charge in [-0.2, -0.15) is 0 Å². The number of carbonyl (C=O) groups excluding carboxylic acids is 1. The number of carbonyl (C=O) groups is 1. The zero-order valence-corrected chi connectivity index (χ0v) is 12.0. The molecule has 0 radical (unpaired) electrons. The summed E-state index contributed by atoms with van der Waals surface area (Å²) in [5, 5.41) is 3.16. The maximum Gasteiger partial charge on any atom is 0.236 e. The van der Waals surface area contributed by atoms with Crippen LogP contribution in [-0.4, -0.2) is 40.8 Å². The molecule has 0 bridgehead atoms. The van der Waals surface area contributed by atoms with Crippen molar-refractivity contribution in [2.24, 2.45) is 0 Å². The molecule has 18 heavy (non-hydrogen) atoms. The Labute approximate surface area is 110 Å². The van der Waals surface area contributed by atoms with Gasteiger partial charge in [-0.3, -0.25) is 9.20 Å². The summed E-state index contributed by atoms with van der Waals surface area (Å²) >= 11 is 1.68. The maximum absolute atomic E-state index is 11.5. The van der Waals surface area contributed by atoms with E-state index in [0.717, 1.165) is 16.3 Å². The topological polar surface area (TPSA) is 49.6 Å². The van der Waals surface area contributed by atoms with E-state index < -0.39 is 0 Å². The zero-order chi connectivity index (χ0) is 13.3. The lowest BCUT2D eigenvalue weighted by Crippen LogP contribution is -2.32. The average Bonchev–Trinajstić information content (AvgIpc) is 2.76. The Morgan fingerprint density at radius 1 is 1.50 bits per heavy atom. The van der Waals surface area contributed by atoms with Crippen LogP contribution in [-0.2, 0) is 11.3 Å². The quantitative estimate of drug-likeness (QED) is 0.904. The molecule has 0 aromatic carbocycles. The molecule has 0 fully saturated rings. The van der Waals surface area contributed by atoms with Gasteiger partial charge >= 0.3 is 0 Å². The minimum absolute atomic E-state index is 0.0786. The smallest absolute Gasteiger partial charge is 0.236 e. The van der Waals surface area contributed by atoms with Crippen LogP contribution in [0.4, 0.5) is 0 Å². The van der Waals surface area contributed by atoms with E-state index in [0.29, 0.717) is 13.1 Å². The second kappa shape index (κ2) is 5.07. The number of imidazole rings is 1. The monoisotopic (exact) mass is 266 g/mol. The number of rotatable bonds is 4. The number of thiazole rings is 1. The van der Waals surface area contributed by atoms with Gasteiger partial charge in [-0.25, -0.2) is 4.98 Å². The predicted molar refractivity (Wildman–Crippen MR) is 72.9 cm³/mol. The standard InChI is InChI=1S/C12H18N4OS/c1-8-7-16-10(9(2)14-12(16)18-8)5-13-6-11(17)15(3)4/h7,13H,5-6H2,1-4H3. The average molecular weight is 266 g/mol. The fraction of sp³-hybridized carbons (Fsp3) is 0.500. The third kappa shape index (κ3) is 2.54. The molecule has 0 saturated heterocycles. The van der Waals surface area contributed by atoms with Gasteiger partial charge in [-0.05, 0) is 13.8 Å². The molecule has 2 heterocycles. The summed E-state index contributed by atoms with van der Waals surface area (Å²) in [6, 6.07) is 0. The van der Waals surface area contributed by atoms with Gasteiger partial charge < -0.3 is 10.2 Å². The number of aryl methyl sites for hydroxylation is 2. The van der Waals surface area contributed by atoms with Crippen molar-refractivity contribution in [1.29, 1.82) is 0 Å². The number of fused-ring (bicyclic) bond motifs is 1. The van der Waals surface area contributed by atoms with E-state index in [1.807, 2.05) is 6.92 Å². The summed E-state index contributed by atoms with van der Waals surface area (Å²) in [6.45, 7) is 5.08. The van der Waals surface area contributed by atoms with E-state index in [9.17, 15) is 4.79 Å². The second-order valence-electron chi connectivity index (χ2n) is 4.53. The molecule has 5 nitrogen and oxygen atoms in total. The minimum Gasteiger partial charge on any atom is -0.348 e. The van der Waals surface area contributed by atoms with Crippen molar-refractivity contribution in [1.82, 2.24) is 19.6 Å². The van der Waals surface area contributed by atoms with Gasteiger partial charge in [0.05, 0.1) is 17.9 Å². The van der Waals surface area contributed by atoms with Crippen LogP contribution >= 0.6 is 11.3 Å². The highest BCUT2D eigenvalue weighted by Crippen LogP contribution is 2.20. The molecule has 0 atom stereocenters. The van der Waals surface area contributed by atoms with Crippen LogP contribution < -0.4 is 5.32 Å². The van der Waals surface area contributed by atoms with Crippen LogP contribution in [0.5, 0.6) is 0 Å². The Kier molecular flexibility index (Phi) is 3.68. The van der Waals surface area contributed by atoms with E-state index >= 15 is 0 Å². The summed E-state index contributed by atoms with van der Waals surface area (Å²) in [6.07, 6.45) is 2.09. The summed E-state index contributed by atoms with van der Waals surface area (Å²) < 4.78 is 2.10. The molecule has 0 unspecified atom stereocenters. The van der Waals surface area contributed by atoms with Crippen molar-refractivity contribution in [3.8, 4) is 0 Å². The van der Waals surface area contributed by atoms with Crippen molar-refractivity contribution in [2.75, 3.05) is 20.6 Å². The van der Waals surface area contributed by atoms with E-state index in [2.05, 4.69) is 27.8 Å². The van der Waals surface area contributed by atoms with E-state index in [1.54, 1.807) is 30.3 Å². The number of hydrogen-bond donors (Lipinski definition) is 1. The molecule has 6 heteroatoms. The SMILES string of the molecule is Cc1cn2c(CNCC(=O)N(C)C)c(C)nc2s1. The number of amides is 1. The Hall–Kier alpha value is -1.40. The first-order valence-electron chi connectivity index (χ1n) is 5.84. The van der Waals surface area contributed by atoms with Gasteiger partial charge in [0.15, 0.2) is 4.96 Å². The maximum atomic E-state index is 11.5. The third-order valence-corrected chi connectivity index (χ3v) is 3.71. The normalized spacial score (nSPS) is 11.1. The van der Waals surface area contributed by atoms with Gasteiger partial charge in [0.25, 0.3) is 0 Å². The lowest BCUT2D eigenvalue weighted by Gasteiger charge is -2.10. The molecule has 2 aromatic heterocycles. The largest absolute Gasteiger partial charge is 0.348 e. The van der Waals surface area contributed by atoms with Crippen LogP contribution in [0.3, 0.4) is 0 Å². The highest BCUT2D eigenvalue weighted by molar-refractivity contribution is 7.17. The number of nitrogens with zero attached hydrogens (tertiary/aromatic N) is 3. The molecular weight excluding hydrogens is 248 g/mol.